The molecule has 0 aliphatic carbocycles. The maximum Gasteiger partial charge on any atom is 0.223 e. The molecule has 1 aromatic heterocycles. The van der Waals surface area contributed by atoms with Crippen molar-refractivity contribution in [1.29, 1.82) is 0 Å². The number of aryl methyl sites for hydroxylation is 1. The molecule has 4 rings (SSSR count). The molecule has 2 aliphatic heterocycles. The summed E-state index contributed by atoms with van der Waals surface area (Å²) in [6, 6.07) is 7.81. The van der Waals surface area contributed by atoms with Gasteiger partial charge in [0.25, 0.3) is 0 Å². The van der Waals surface area contributed by atoms with Crippen LogP contribution in [-0.4, -0.2) is 51.9 Å². The fraction of sp³-hybridized carbons (Fsp3) is 0.500. The molecule has 2 fully saturated rings. The van der Waals surface area contributed by atoms with Crippen LogP contribution in [0, 0.1) is 0 Å². The SMILES string of the molecule is O=C(CCc1nc2ccccc2[nH]1)N1CC[C@]2(CCCO2)C(=O)C1. The average molecular weight is 327 g/mol. The van der Waals surface area contributed by atoms with E-state index in [1.807, 2.05) is 24.3 Å². The Balaban J connectivity index is 1.35. The Morgan fingerprint density at radius 1 is 1.33 bits per heavy atom. The molecule has 1 spiro atoms. The van der Waals surface area contributed by atoms with Crippen molar-refractivity contribution in [3.05, 3.63) is 30.1 Å². The van der Waals surface area contributed by atoms with Crippen molar-refractivity contribution in [1.82, 2.24) is 14.9 Å². The lowest BCUT2D eigenvalue weighted by atomic mass is 9.87. The smallest absolute Gasteiger partial charge is 0.223 e. The maximum absolute atomic E-state index is 12.4. The second-order valence-electron chi connectivity index (χ2n) is 6.64. The number of nitrogens with zero attached hydrogens (tertiary/aromatic N) is 2. The van der Waals surface area contributed by atoms with E-state index in [1.165, 1.54) is 0 Å². The second kappa shape index (κ2) is 6.02. The predicted octanol–water partition coefficient (Wildman–Crippen LogP) is 1.85. The van der Waals surface area contributed by atoms with Crippen molar-refractivity contribution in [3.63, 3.8) is 0 Å². The molecule has 1 aromatic carbocycles. The molecular formula is C18H21N3O3. The van der Waals surface area contributed by atoms with Gasteiger partial charge in [-0.2, -0.15) is 0 Å². The van der Waals surface area contributed by atoms with Crippen LogP contribution in [0.3, 0.4) is 0 Å². The number of nitrogens with one attached hydrogen (secondary N) is 1. The average Bonchev–Trinajstić information content (AvgIpc) is 3.22. The first kappa shape index (κ1) is 15.3. The van der Waals surface area contributed by atoms with Crippen molar-refractivity contribution in [2.24, 2.45) is 0 Å². The molecule has 6 heteroatoms. The number of fused-ring (bicyclic) bond motifs is 1. The van der Waals surface area contributed by atoms with E-state index >= 15 is 0 Å². The highest BCUT2D eigenvalue weighted by molar-refractivity contribution is 5.93. The summed E-state index contributed by atoms with van der Waals surface area (Å²) in [6.07, 6.45) is 3.28. The first-order valence-corrected chi connectivity index (χ1v) is 8.55. The number of para-hydroxylation sites is 2. The van der Waals surface area contributed by atoms with E-state index in [4.69, 9.17) is 4.74 Å². The number of aromatic nitrogens is 2. The van der Waals surface area contributed by atoms with E-state index in [0.717, 1.165) is 29.7 Å². The molecule has 0 saturated carbocycles. The minimum absolute atomic E-state index is 0.0108. The highest BCUT2D eigenvalue weighted by atomic mass is 16.5. The third-order valence-corrected chi connectivity index (χ3v) is 5.10. The van der Waals surface area contributed by atoms with Gasteiger partial charge in [0.15, 0.2) is 5.78 Å². The summed E-state index contributed by atoms with van der Waals surface area (Å²) in [6.45, 7) is 1.44. The van der Waals surface area contributed by atoms with Crippen LogP contribution < -0.4 is 0 Å². The molecule has 2 saturated heterocycles. The molecule has 1 atom stereocenters. The number of carbonyl (C=O) groups is 2. The summed E-state index contributed by atoms with van der Waals surface area (Å²) in [5.74, 6) is 0.878. The zero-order valence-corrected chi connectivity index (χ0v) is 13.6. The number of aromatic amines is 1. The summed E-state index contributed by atoms with van der Waals surface area (Å²) in [7, 11) is 0. The van der Waals surface area contributed by atoms with E-state index in [2.05, 4.69) is 9.97 Å². The van der Waals surface area contributed by atoms with Gasteiger partial charge in [-0.15, -0.1) is 0 Å². The lowest BCUT2D eigenvalue weighted by molar-refractivity contribution is -0.152. The lowest BCUT2D eigenvalue weighted by Crippen LogP contribution is -2.53. The number of rotatable bonds is 3. The van der Waals surface area contributed by atoms with Crippen LogP contribution in [0.25, 0.3) is 11.0 Å². The molecule has 0 unspecified atom stereocenters. The van der Waals surface area contributed by atoms with Crippen LogP contribution >= 0.6 is 0 Å². The fourth-order valence-electron chi connectivity index (χ4n) is 3.69. The van der Waals surface area contributed by atoms with Crippen LogP contribution in [0.2, 0.25) is 0 Å². The number of ether oxygens (including phenoxy) is 1. The van der Waals surface area contributed by atoms with Gasteiger partial charge in [-0.25, -0.2) is 4.98 Å². The normalized spacial score (nSPS) is 24.2. The van der Waals surface area contributed by atoms with Gasteiger partial charge in [0.2, 0.25) is 5.91 Å². The summed E-state index contributed by atoms with van der Waals surface area (Å²) < 4.78 is 5.68. The minimum atomic E-state index is -0.602. The highest BCUT2D eigenvalue weighted by Crippen LogP contribution is 2.33. The number of benzene rings is 1. The van der Waals surface area contributed by atoms with Crippen LogP contribution in [0.5, 0.6) is 0 Å². The van der Waals surface area contributed by atoms with Gasteiger partial charge in [0.1, 0.15) is 11.4 Å². The summed E-state index contributed by atoms with van der Waals surface area (Å²) >= 11 is 0. The Kier molecular flexibility index (Phi) is 3.84. The van der Waals surface area contributed by atoms with Crippen LogP contribution in [0.4, 0.5) is 0 Å². The second-order valence-corrected chi connectivity index (χ2v) is 6.64. The summed E-state index contributed by atoms with van der Waals surface area (Å²) in [5.41, 5.74) is 1.29. The fourth-order valence-corrected chi connectivity index (χ4v) is 3.69. The monoisotopic (exact) mass is 327 g/mol. The molecule has 24 heavy (non-hydrogen) atoms. The third-order valence-electron chi connectivity index (χ3n) is 5.10. The van der Waals surface area contributed by atoms with Gasteiger partial charge < -0.3 is 14.6 Å². The highest BCUT2D eigenvalue weighted by Gasteiger charge is 2.46. The van der Waals surface area contributed by atoms with Crippen molar-refractivity contribution in [3.8, 4) is 0 Å². The van der Waals surface area contributed by atoms with Crippen molar-refractivity contribution in [2.45, 2.75) is 37.7 Å². The topological polar surface area (TPSA) is 75.3 Å². The molecule has 1 N–H and O–H groups in total. The van der Waals surface area contributed by atoms with E-state index in [0.29, 0.717) is 32.4 Å². The number of carbonyl (C=O) groups excluding carboxylic acids is 2. The Morgan fingerprint density at radius 3 is 2.96 bits per heavy atom. The van der Waals surface area contributed by atoms with E-state index in [9.17, 15) is 9.59 Å². The first-order valence-electron chi connectivity index (χ1n) is 8.55. The molecule has 6 nitrogen and oxygen atoms in total. The van der Waals surface area contributed by atoms with Crippen molar-refractivity contribution >= 4 is 22.7 Å². The number of Topliss-reactive ketones (excluding diaryl/α,β-unsaturated/α-hetero) is 1. The zero-order chi connectivity index (χ0) is 16.6. The van der Waals surface area contributed by atoms with Crippen molar-refractivity contribution in [2.75, 3.05) is 19.7 Å². The molecule has 0 bridgehead atoms. The zero-order valence-electron chi connectivity index (χ0n) is 13.6. The largest absolute Gasteiger partial charge is 0.367 e. The number of hydrogen-bond donors (Lipinski definition) is 1. The maximum atomic E-state index is 12.4. The summed E-state index contributed by atoms with van der Waals surface area (Å²) in [4.78, 5) is 34.2. The van der Waals surface area contributed by atoms with E-state index in [1.54, 1.807) is 4.90 Å². The summed E-state index contributed by atoms with van der Waals surface area (Å²) in [5, 5.41) is 0. The minimum Gasteiger partial charge on any atom is -0.367 e. The van der Waals surface area contributed by atoms with E-state index in [-0.39, 0.29) is 18.2 Å². The van der Waals surface area contributed by atoms with E-state index < -0.39 is 5.60 Å². The molecule has 2 aliphatic rings. The molecule has 126 valence electrons. The number of H-pyrrole nitrogens is 1. The van der Waals surface area contributed by atoms with Gasteiger partial charge in [0, 0.05) is 32.4 Å². The number of piperidine rings is 1. The van der Waals surface area contributed by atoms with Crippen LogP contribution in [-0.2, 0) is 20.7 Å². The molecule has 0 radical (unpaired) electrons. The van der Waals surface area contributed by atoms with Crippen LogP contribution in [0.15, 0.2) is 24.3 Å². The quantitative estimate of drug-likeness (QED) is 0.933. The van der Waals surface area contributed by atoms with Crippen LogP contribution in [0.1, 0.15) is 31.5 Å². The molecular weight excluding hydrogens is 306 g/mol. The Hall–Kier alpha value is -2.21. The predicted molar refractivity (Wildman–Crippen MR) is 88.5 cm³/mol. The van der Waals surface area contributed by atoms with Gasteiger partial charge in [0.05, 0.1) is 17.6 Å². The number of likely N-dealkylation sites (tertiary alicyclic amines) is 1. The number of ketones is 1. The van der Waals surface area contributed by atoms with Gasteiger partial charge >= 0.3 is 0 Å². The standard InChI is InChI=1S/C18H21N3O3/c22-15-12-21(10-9-18(15)8-3-11-24-18)17(23)7-6-16-19-13-4-1-2-5-14(13)20-16/h1-2,4-5H,3,6-12H2,(H,19,20)/t18-/m1/s1. The van der Waals surface area contributed by atoms with Gasteiger partial charge in [-0.05, 0) is 25.0 Å². The molecule has 3 heterocycles. The van der Waals surface area contributed by atoms with Gasteiger partial charge in [-0.1, -0.05) is 12.1 Å². The van der Waals surface area contributed by atoms with Crippen molar-refractivity contribution < 1.29 is 14.3 Å². The number of hydrogen-bond acceptors (Lipinski definition) is 4. The number of imidazole rings is 1. The number of amides is 1. The molecule has 1 amide bonds. The molecule has 2 aromatic rings. The third kappa shape index (κ3) is 2.71. The lowest BCUT2D eigenvalue weighted by Gasteiger charge is -2.37. The Morgan fingerprint density at radius 2 is 2.21 bits per heavy atom. The Bertz CT molecular complexity index is 744. The Labute approximate surface area is 140 Å². The van der Waals surface area contributed by atoms with Gasteiger partial charge in [-0.3, -0.25) is 9.59 Å². The first-order chi connectivity index (χ1) is 11.7.